The van der Waals surface area contributed by atoms with E-state index in [0.29, 0.717) is 12.1 Å². The van der Waals surface area contributed by atoms with Crippen molar-refractivity contribution in [1.82, 2.24) is 4.90 Å². The molecular formula is C17H18N2O5S. The van der Waals surface area contributed by atoms with E-state index in [1.54, 1.807) is 11.2 Å². The molecule has 1 aliphatic heterocycles. The molecule has 0 bridgehead atoms. The number of hydrogen-bond donors (Lipinski definition) is 0. The number of rotatable bonds is 6. The molecule has 0 aliphatic carbocycles. The van der Waals surface area contributed by atoms with E-state index in [1.807, 2.05) is 12.3 Å². The number of carbonyl (C=O) groups is 3. The summed E-state index contributed by atoms with van der Waals surface area (Å²) in [6, 6.07) is 4.35. The third kappa shape index (κ3) is 5.46. The number of thioether (sulfide) groups is 1. The average Bonchev–Trinajstić information content (AvgIpc) is 2.56. The minimum absolute atomic E-state index is 0.0328. The van der Waals surface area contributed by atoms with Gasteiger partial charge >= 0.3 is 11.9 Å². The van der Waals surface area contributed by atoms with Crippen LogP contribution >= 0.6 is 11.8 Å². The maximum Gasteiger partial charge on any atom is 0.308 e. The van der Waals surface area contributed by atoms with Gasteiger partial charge in [0.15, 0.2) is 17.3 Å². The maximum atomic E-state index is 12.5. The van der Waals surface area contributed by atoms with E-state index in [-0.39, 0.29) is 23.8 Å². The molecule has 0 atom stereocenters. The Hall–Kier alpha value is -2.61. The quantitative estimate of drug-likeness (QED) is 0.436. The van der Waals surface area contributed by atoms with Crippen molar-refractivity contribution in [3.8, 4) is 11.5 Å². The van der Waals surface area contributed by atoms with E-state index < -0.39 is 11.9 Å². The molecule has 0 saturated heterocycles. The molecule has 1 aromatic carbocycles. The largest absolute Gasteiger partial charge is 0.423 e. The molecule has 8 heteroatoms. The number of aliphatic imine (C=N–C) groups is 1. The second kappa shape index (κ2) is 8.48. The highest BCUT2D eigenvalue weighted by Crippen LogP contribution is 2.29. The molecule has 0 N–H and O–H groups in total. The Morgan fingerprint density at radius 1 is 1.16 bits per heavy atom. The second-order valence-corrected chi connectivity index (χ2v) is 6.02. The monoisotopic (exact) mass is 362 g/mol. The molecule has 25 heavy (non-hydrogen) atoms. The number of carbonyl (C=O) groups excluding carboxylic acids is 3. The highest BCUT2D eigenvalue weighted by Gasteiger charge is 2.17. The first-order chi connectivity index (χ1) is 11.9. The average molecular weight is 362 g/mol. The van der Waals surface area contributed by atoms with Gasteiger partial charge in [0.05, 0.1) is 17.9 Å². The third-order valence-electron chi connectivity index (χ3n) is 3.18. The van der Waals surface area contributed by atoms with Crippen LogP contribution in [0.1, 0.15) is 24.2 Å². The Kier molecular flexibility index (Phi) is 6.35. The number of ether oxygens (including phenoxy) is 2. The van der Waals surface area contributed by atoms with E-state index in [0.717, 1.165) is 5.03 Å². The lowest BCUT2D eigenvalue weighted by molar-refractivity contribution is -0.134. The summed E-state index contributed by atoms with van der Waals surface area (Å²) in [5.74, 6) is -1.17. The van der Waals surface area contributed by atoms with Gasteiger partial charge in [0.1, 0.15) is 0 Å². The highest BCUT2D eigenvalue weighted by molar-refractivity contribution is 8.02. The molecule has 0 saturated carbocycles. The molecule has 7 nitrogen and oxygen atoms in total. The van der Waals surface area contributed by atoms with Gasteiger partial charge in [-0.05, 0) is 30.5 Å². The predicted molar refractivity (Wildman–Crippen MR) is 95.1 cm³/mol. The minimum Gasteiger partial charge on any atom is -0.423 e. The van der Waals surface area contributed by atoms with Gasteiger partial charge in [0.25, 0.3) is 0 Å². The van der Waals surface area contributed by atoms with Crippen molar-refractivity contribution in [2.45, 2.75) is 13.8 Å². The fourth-order valence-electron chi connectivity index (χ4n) is 2.11. The van der Waals surface area contributed by atoms with E-state index in [9.17, 15) is 14.4 Å². The highest BCUT2D eigenvalue weighted by atomic mass is 32.2. The molecule has 0 amide bonds. The van der Waals surface area contributed by atoms with Gasteiger partial charge in [0.2, 0.25) is 0 Å². The van der Waals surface area contributed by atoms with Crippen molar-refractivity contribution >= 4 is 35.8 Å². The summed E-state index contributed by atoms with van der Waals surface area (Å²) in [6.45, 7) is 3.19. The molecule has 1 aliphatic rings. The zero-order valence-corrected chi connectivity index (χ0v) is 15.0. The standard InChI is InChI=1S/C17H18N2O5S/c1-11(20)23-15-5-4-13(8-16(15)24-12(2)21)14(22)9-19-7-6-17(25-3)18-10-19/h4-6,8,10H,7,9H2,1-3H3. The van der Waals surface area contributed by atoms with Crippen molar-refractivity contribution < 1.29 is 23.9 Å². The topological polar surface area (TPSA) is 85.3 Å². The van der Waals surface area contributed by atoms with E-state index >= 15 is 0 Å². The lowest BCUT2D eigenvalue weighted by atomic mass is 10.1. The first-order valence-corrected chi connectivity index (χ1v) is 8.68. The van der Waals surface area contributed by atoms with Crippen LogP contribution in [0.25, 0.3) is 0 Å². The van der Waals surface area contributed by atoms with Crippen LogP contribution in [0.4, 0.5) is 0 Å². The van der Waals surface area contributed by atoms with Gasteiger partial charge in [-0.3, -0.25) is 14.4 Å². The lowest BCUT2D eigenvalue weighted by Crippen LogP contribution is -2.30. The maximum absolute atomic E-state index is 12.5. The zero-order valence-electron chi connectivity index (χ0n) is 14.1. The summed E-state index contributed by atoms with van der Waals surface area (Å²) in [5, 5.41) is 0.909. The normalized spacial score (nSPS) is 13.2. The molecule has 2 rings (SSSR count). The van der Waals surface area contributed by atoms with Crippen LogP contribution in [0.3, 0.4) is 0 Å². The Morgan fingerprint density at radius 2 is 1.84 bits per heavy atom. The molecule has 1 aromatic rings. The Labute approximate surface area is 149 Å². The van der Waals surface area contributed by atoms with Crippen LogP contribution in [0.5, 0.6) is 11.5 Å². The number of hydrogen-bond acceptors (Lipinski definition) is 8. The van der Waals surface area contributed by atoms with Crippen LogP contribution in [0.2, 0.25) is 0 Å². The molecule has 0 radical (unpaired) electrons. The molecule has 0 spiro atoms. The predicted octanol–water partition coefficient (Wildman–Crippen LogP) is 2.27. The third-order valence-corrected chi connectivity index (χ3v) is 3.87. The van der Waals surface area contributed by atoms with E-state index in [2.05, 4.69) is 4.99 Å². The van der Waals surface area contributed by atoms with Gasteiger partial charge < -0.3 is 14.4 Å². The van der Waals surface area contributed by atoms with Crippen molar-refractivity contribution in [3.05, 3.63) is 34.9 Å². The summed E-state index contributed by atoms with van der Waals surface area (Å²) >= 11 is 1.54. The van der Waals surface area contributed by atoms with Crippen molar-refractivity contribution in [1.29, 1.82) is 0 Å². The lowest BCUT2D eigenvalue weighted by Gasteiger charge is -2.20. The first-order valence-electron chi connectivity index (χ1n) is 7.45. The molecule has 0 fully saturated rings. The molecular weight excluding hydrogens is 344 g/mol. The van der Waals surface area contributed by atoms with Gasteiger partial charge in [-0.15, -0.1) is 11.8 Å². The van der Waals surface area contributed by atoms with Crippen molar-refractivity contribution in [3.63, 3.8) is 0 Å². The van der Waals surface area contributed by atoms with Crippen LogP contribution in [0, 0.1) is 0 Å². The van der Waals surface area contributed by atoms with Gasteiger partial charge in [0, 0.05) is 26.0 Å². The number of nitrogens with zero attached hydrogens (tertiary/aromatic N) is 2. The summed E-state index contributed by atoms with van der Waals surface area (Å²) in [4.78, 5) is 40.8. The second-order valence-electron chi connectivity index (χ2n) is 5.19. The number of esters is 2. The Balaban J connectivity index is 2.14. The molecule has 0 aromatic heterocycles. The van der Waals surface area contributed by atoms with Crippen LogP contribution in [0.15, 0.2) is 34.3 Å². The van der Waals surface area contributed by atoms with Crippen molar-refractivity contribution in [2.24, 2.45) is 4.99 Å². The Morgan fingerprint density at radius 3 is 2.40 bits per heavy atom. The number of benzene rings is 1. The smallest absolute Gasteiger partial charge is 0.308 e. The number of ketones is 1. The van der Waals surface area contributed by atoms with Gasteiger partial charge in [-0.1, -0.05) is 0 Å². The Bertz CT molecular complexity index is 757. The first kappa shape index (κ1) is 18.7. The van der Waals surface area contributed by atoms with E-state index in [4.69, 9.17) is 9.47 Å². The molecule has 0 unspecified atom stereocenters. The fourth-order valence-corrected chi connectivity index (χ4v) is 2.50. The zero-order chi connectivity index (χ0) is 18.4. The summed E-state index contributed by atoms with van der Waals surface area (Å²) in [5.41, 5.74) is 0.347. The van der Waals surface area contributed by atoms with Crippen LogP contribution < -0.4 is 9.47 Å². The van der Waals surface area contributed by atoms with Crippen LogP contribution in [-0.2, 0) is 9.59 Å². The van der Waals surface area contributed by atoms with Gasteiger partial charge in [-0.25, -0.2) is 4.99 Å². The molecule has 132 valence electrons. The summed E-state index contributed by atoms with van der Waals surface area (Å²) < 4.78 is 10.0. The summed E-state index contributed by atoms with van der Waals surface area (Å²) in [6.07, 6.45) is 5.50. The van der Waals surface area contributed by atoms with E-state index in [1.165, 1.54) is 43.8 Å². The fraction of sp³-hybridized carbons (Fsp3) is 0.294. The molecule has 1 heterocycles. The minimum atomic E-state index is -0.573. The SMILES string of the molecule is CSC1=CCN(CC(=O)c2ccc(OC(C)=O)c(OC(C)=O)c2)C=N1. The van der Waals surface area contributed by atoms with Crippen molar-refractivity contribution in [2.75, 3.05) is 19.3 Å². The summed E-state index contributed by atoms with van der Waals surface area (Å²) in [7, 11) is 0. The van der Waals surface area contributed by atoms with Gasteiger partial charge in [-0.2, -0.15) is 0 Å². The van der Waals surface area contributed by atoms with Crippen LogP contribution in [-0.4, -0.2) is 48.3 Å². The number of Topliss-reactive ketones (excluding diaryl/α,β-unsaturated/α-hetero) is 1.